The number of halogens is 5. The highest BCUT2D eigenvalue weighted by molar-refractivity contribution is 6.73. The third-order valence-corrected chi connectivity index (χ3v) is 3.09. The molecule has 0 aliphatic heterocycles. The van der Waals surface area contributed by atoms with E-state index in [-0.39, 0.29) is 17.4 Å². The van der Waals surface area contributed by atoms with Crippen molar-refractivity contribution in [3.05, 3.63) is 58.9 Å². The summed E-state index contributed by atoms with van der Waals surface area (Å²) in [5.41, 5.74) is -0.373. The van der Waals surface area contributed by atoms with E-state index in [0.717, 1.165) is 12.1 Å². The number of benzene rings is 2. The van der Waals surface area contributed by atoms with E-state index in [2.05, 4.69) is 0 Å². The molecule has 0 aliphatic carbocycles. The highest BCUT2D eigenvalue weighted by Crippen LogP contribution is 2.22. The molecule has 2 aromatic carbocycles. The van der Waals surface area contributed by atoms with Crippen molar-refractivity contribution >= 4 is 24.0 Å². The molecule has 1 nitrogen and oxygen atoms in total. The maximum absolute atomic E-state index is 13.2. The van der Waals surface area contributed by atoms with Gasteiger partial charge in [-0.3, -0.25) is 0 Å². The maximum atomic E-state index is 13.2. The van der Waals surface area contributed by atoms with Gasteiger partial charge in [-0.2, -0.15) is 0 Å². The van der Waals surface area contributed by atoms with Crippen LogP contribution in [0.5, 0.6) is 5.75 Å². The van der Waals surface area contributed by atoms with E-state index in [9.17, 15) is 17.3 Å². The topological polar surface area (TPSA) is 9.23 Å². The van der Waals surface area contributed by atoms with Crippen molar-refractivity contribution in [1.29, 1.82) is 0 Å². The van der Waals surface area contributed by atoms with Crippen LogP contribution in [0.15, 0.2) is 42.5 Å². The minimum atomic E-state index is -5.08. The van der Waals surface area contributed by atoms with Crippen molar-refractivity contribution in [3.8, 4) is 5.75 Å². The molecule has 0 spiro atoms. The number of hydrogen-bond donors (Lipinski definition) is 0. The Balaban J connectivity index is 2.13. The van der Waals surface area contributed by atoms with Gasteiger partial charge < -0.3 is 17.7 Å². The second kappa shape index (κ2) is 5.75. The van der Waals surface area contributed by atoms with E-state index in [0.29, 0.717) is 5.56 Å². The van der Waals surface area contributed by atoms with Gasteiger partial charge in [0, 0.05) is 5.56 Å². The van der Waals surface area contributed by atoms with Gasteiger partial charge in [0.05, 0.1) is 5.02 Å². The summed E-state index contributed by atoms with van der Waals surface area (Å²) >= 11 is 5.73. The molecule has 0 amide bonds. The normalized spacial score (nSPS) is 11.4. The second-order valence-corrected chi connectivity index (χ2v) is 4.53. The molecule has 2 rings (SSSR count). The van der Waals surface area contributed by atoms with Crippen molar-refractivity contribution in [2.45, 2.75) is 6.61 Å². The van der Waals surface area contributed by atoms with Crippen LogP contribution in [0.2, 0.25) is 5.02 Å². The standard InChI is InChI=1S/C13H9BClF4O/c15-13-9(3-1-6-12(13)16)8-20-11-5-2-4-10(7-11)14(17,18)19/h1-7H,8H2/q-1. The Hall–Kier alpha value is -1.69. The Morgan fingerprint density at radius 3 is 2.45 bits per heavy atom. The lowest BCUT2D eigenvalue weighted by molar-refractivity contribution is 0.305. The smallest absolute Gasteiger partial charge is 0.489 e. The zero-order valence-corrected chi connectivity index (χ0v) is 10.9. The summed E-state index contributed by atoms with van der Waals surface area (Å²) in [6.07, 6.45) is 0. The van der Waals surface area contributed by atoms with E-state index in [1.807, 2.05) is 0 Å². The van der Waals surface area contributed by atoms with Crippen LogP contribution in [0, 0.1) is 5.82 Å². The molecule has 7 heteroatoms. The molecule has 20 heavy (non-hydrogen) atoms. The summed E-state index contributed by atoms with van der Waals surface area (Å²) in [5, 5.41) is -0.0938. The van der Waals surface area contributed by atoms with Crippen LogP contribution in [0.1, 0.15) is 5.56 Å². The van der Waals surface area contributed by atoms with Gasteiger partial charge in [0.2, 0.25) is 0 Å². The summed E-state index contributed by atoms with van der Waals surface area (Å²) in [6.45, 7) is -5.18. The van der Waals surface area contributed by atoms with Crippen LogP contribution in [0.3, 0.4) is 0 Å². The summed E-state index contributed by atoms with van der Waals surface area (Å²) in [4.78, 5) is 0. The van der Waals surface area contributed by atoms with Gasteiger partial charge in [-0.25, -0.2) is 4.39 Å². The molecule has 0 radical (unpaired) electrons. The predicted octanol–water partition coefficient (Wildman–Crippen LogP) is 4.11. The van der Waals surface area contributed by atoms with Crippen molar-refractivity contribution in [3.63, 3.8) is 0 Å². The van der Waals surface area contributed by atoms with Crippen molar-refractivity contribution in [2.24, 2.45) is 0 Å². The fraction of sp³-hybridized carbons (Fsp3) is 0.0769. The van der Waals surface area contributed by atoms with Gasteiger partial charge in [-0.15, -0.1) is 5.46 Å². The Labute approximate surface area is 118 Å². The van der Waals surface area contributed by atoms with Gasteiger partial charge in [-0.05, 0) is 18.2 Å². The van der Waals surface area contributed by atoms with Crippen LogP contribution in [0.4, 0.5) is 17.3 Å². The van der Waals surface area contributed by atoms with Crippen LogP contribution in [-0.4, -0.2) is 6.98 Å². The third-order valence-electron chi connectivity index (χ3n) is 2.66. The lowest BCUT2D eigenvalue weighted by Crippen LogP contribution is -2.33. The molecule has 0 unspecified atom stereocenters. The fourth-order valence-corrected chi connectivity index (χ4v) is 1.81. The monoisotopic (exact) mass is 303 g/mol. The number of rotatable bonds is 4. The number of hydrogen-bond acceptors (Lipinski definition) is 1. The van der Waals surface area contributed by atoms with Gasteiger partial charge >= 0.3 is 6.98 Å². The van der Waals surface area contributed by atoms with Crippen molar-refractivity contribution in [1.82, 2.24) is 0 Å². The van der Waals surface area contributed by atoms with E-state index in [1.165, 1.54) is 24.3 Å². The molecule has 0 saturated carbocycles. The van der Waals surface area contributed by atoms with Gasteiger partial charge in [0.25, 0.3) is 0 Å². The largest absolute Gasteiger partial charge is 0.509 e. The molecule has 0 atom stereocenters. The first kappa shape index (κ1) is 14.7. The second-order valence-electron chi connectivity index (χ2n) is 4.15. The zero-order valence-electron chi connectivity index (χ0n) is 10.1. The average Bonchev–Trinajstić information content (AvgIpc) is 2.40. The molecule has 0 aliphatic rings. The molecule has 0 fully saturated rings. The molecule has 106 valence electrons. The lowest BCUT2D eigenvalue weighted by Gasteiger charge is -2.16. The molecule has 0 aromatic heterocycles. The quantitative estimate of drug-likeness (QED) is 0.610. The van der Waals surface area contributed by atoms with Crippen LogP contribution in [-0.2, 0) is 6.61 Å². The molecule has 0 N–H and O–H groups in total. The first-order valence-corrected chi connectivity index (χ1v) is 6.11. The Bertz CT molecular complexity index is 616. The minimum Gasteiger partial charge on any atom is -0.489 e. The van der Waals surface area contributed by atoms with E-state index >= 15 is 0 Å². The highest BCUT2D eigenvalue weighted by Gasteiger charge is 2.25. The molecule has 0 bridgehead atoms. The Morgan fingerprint density at radius 2 is 1.75 bits per heavy atom. The van der Waals surface area contributed by atoms with Crippen LogP contribution in [0.25, 0.3) is 0 Å². The Kier molecular flexibility index (Phi) is 4.23. The zero-order chi connectivity index (χ0) is 14.8. The highest BCUT2D eigenvalue weighted by atomic mass is 35.5. The van der Waals surface area contributed by atoms with Crippen LogP contribution >= 0.6 is 11.6 Å². The molecule has 2 aromatic rings. The molecular formula is C13H9BClF4O-. The first-order valence-electron chi connectivity index (χ1n) is 5.73. The summed E-state index contributed by atoms with van der Waals surface area (Å²) in [7, 11) is 0. The Morgan fingerprint density at radius 1 is 1.05 bits per heavy atom. The summed E-state index contributed by atoms with van der Waals surface area (Å²) in [5.74, 6) is -0.540. The third kappa shape index (κ3) is 3.45. The van der Waals surface area contributed by atoms with Crippen molar-refractivity contribution < 1.29 is 22.1 Å². The van der Waals surface area contributed by atoms with E-state index in [1.54, 1.807) is 6.07 Å². The van der Waals surface area contributed by atoms with Gasteiger partial charge in [-0.1, -0.05) is 35.9 Å². The fourth-order valence-electron chi connectivity index (χ4n) is 1.63. The average molecular weight is 303 g/mol. The predicted molar refractivity (Wildman–Crippen MR) is 70.9 cm³/mol. The summed E-state index contributed by atoms with van der Waals surface area (Å²) < 4.78 is 56.2. The molecule has 0 heterocycles. The maximum Gasteiger partial charge on any atom is 0.509 e. The summed E-state index contributed by atoms with van der Waals surface area (Å²) in [6, 6.07) is 8.73. The van der Waals surface area contributed by atoms with E-state index in [4.69, 9.17) is 16.3 Å². The first-order chi connectivity index (χ1) is 9.38. The number of ether oxygens (including phenoxy) is 1. The van der Waals surface area contributed by atoms with Gasteiger partial charge in [0.1, 0.15) is 18.2 Å². The lowest BCUT2D eigenvalue weighted by atomic mass is 9.80. The molecule has 0 saturated heterocycles. The molecular weight excluding hydrogens is 294 g/mol. The van der Waals surface area contributed by atoms with Crippen LogP contribution < -0.4 is 10.2 Å². The van der Waals surface area contributed by atoms with Gasteiger partial charge in [0.15, 0.2) is 0 Å². The SMILES string of the molecule is Fc1cccc(COc2cccc([B-](F)(F)F)c2)c1Cl. The van der Waals surface area contributed by atoms with E-state index < -0.39 is 18.3 Å². The van der Waals surface area contributed by atoms with Crippen molar-refractivity contribution in [2.75, 3.05) is 0 Å². The minimum absolute atomic E-state index is 0.0574.